The summed E-state index contributed by atoms with van der Waals surface area (Å²) < 4.78 is 5.72. The molecule has 0 aliphatic carbocycles. The van der Waals surface area contributed by atoms with Crippen LogP contribution in [0.1, 0.15) is 24.2 Å². The SMILES string of the molecule is C[C@@H]1CN(CCNC(=O)c2cnc(-c3ccccc3)nc2)C[C@@H](C)O1. The number of hydrogen-bond acceptors (Lipinski definition) is 5. The van der Waals surface area contributed by atoms with Gasteiger partial charge in [0.2, 0.25) is 0 Å². The van der Waals surface area contributed by atoms with Crippen LogP contribution in [0.15, 0.2) is 42.7 Å². The quantitative estimate of drug-likeness (QED) is 0.901. The van der Waals surface area contributed by atoms with E-state index in [4.69, 9.17) is 4.74 Å². The highest BCUT2D eigenvalue weighted by atomic mass is 16.5. The van der Waals surface area contributed by atoms with Crippen LogP contribution in [-0.2, 0) is 4.74 Å². The first-order chi connectivity index (χ1) is 12.1. The molecule has 0 unspecified atom stereocenters. The molecule has 1 N–H and O–H groups in total. The molecular weight excluding hydrogens is 316 g/mol. The fourth-order valence-corrected chi connectivity index (χ4v) is 3.08. The van der Waals surface area contributed by atoms with Crippen molar-refractivity contribution in [1.29, 1.82) is 0 Å². The van der Waals surface area contributed by atoms with Gasteiger partial charge in [0.05, 0.1) is 17.8 Å². The Morgan fingerprint density at radius 3 is 2.44 bits per heavy atom. The number of amides is 1. The van der Waals surface area contributed by atoms with Crippen molar-refractivity contribution >= 4 is 5.91 Å². The summed E-state index contributed by atoms with van der Waals surface area (Å²) in [5, 5.41) is 2.93. The average molecular weight is 340 g/mol. The molecule has 2 aromatic rings. The molecule has 3 rings (SSSR count). The molecule has 6 nitrogen and oxygen atoms in total. The number of ether oxygens (including phenoxy) is 1. The van der Waals surface area contributed by atoms with E-state index in [9.17, 15) is 4.79 Å². The molecule has 132 valence electrons. The molecule has 1 saturated heterocycles. The largest absolute Gasteiger partial charge is 0.373 e. The van der Waals surface area contributed by atoms with Gasteiger partial charge in [0, 0.05) is 44.1 Å². The lowest BCUT2D eigenvalue weighted by molar-refractivity contribution is -0.0672. The molecule has 25 heavy (non-hydrogen) atoms. The third kappa shape index (κ3) is 4.84. The van der Waals surface area contributed by atoms with E-state index in [1.807, 2.05) is 30.3 Å². The Morgan fingerprint density at radius 1 is 1.16 bits per heavy atom. The molecule has 1 aliphatic heterocycles. The number of morpholine rings is 1. The van der Waals surface area contributed by atoms with Gasteiger partial charge in [-0.1, -0.05) is 30.3 Å². The Morgan fingerprint density at radius 2 is 1.80 bits per heavy atom. The fourth-order valence-electron chi connectivity index (χ4n) is 3.08. The Hall–Kier alpha value is -2.31. The van der Waals surface area contributed by atoms with Gasteiger partial charge in [-0.3, -0.25) is 9.69 Å². The molecule has 2 atom stereocenters. The number of nitrogens with one attached hydrogen (secondary N) is 1. The van der Waals surface area contributed by atoms with Crippen LogP contribution in [0.3, 0.4) is 0 Å². The zero-order valence-corrected chi connectivity index (χ0v) is 14.7. The van der Waals surface area contributed by atoms with Crippen molar-refractivity contribution in [2.75, 3.05) is 26.2 Å². The number of aromatic nitrogens is 2. The van der Waals surface area contributed by atoms with Gasteiger partial charge in [0.15, 0.2) is 5.82 Å². The van der Waals surface area contributed by atoms with Gasteiger partial charge in [0.25, 0.3) is 5.91 Å². The molecule has 1 aromatic heterocycles. The minimum atomic E-state index is -0.144. The van der Waals surface area contributed by atoms with Gasteiger partial charge in [-0.25, -0.2) is 9.97 Å². The molecule has 1 amide bonds. The lowest BCUT2D eigenvalue weighted by Crippen LogP contribution is -2.47. The Kier molecular flexibility index (Phi) is 5.73. The molecule has 6 heteroatoms. The van der Waals surface area contributed by atoms with Crippen molar-refractivity contribution in [2.45, 2.75) is 26.1 Å². The normalized spacial score (nSPS) is 21.0. The molecule has 0 saturated carbocycles. The predicted molar refractivity (Wildman–Crippen MR) is 96.3 cm³/mol. The van der Waals surface area contributed by atoms with Gasteiger partial charge in [0.1, 0.15) is 0 Å². The van der Waals surface area contributed by atoms with Crippen LogP contribution in [-0.4, -0.2) is 59.2 Å². The molecular formula is C19H24N4O2. The molecule has 1 aliphatic rings. The molecule has 0 bridgehead atoms. The smallest absolute Gasteiger partial charge is 0.254 e. The predicted octanol–water partition coefficient (Wildman–Crippen LogP) is 1.98. The van der Waals surface area contributed by atoms with Crippen LogP contribution in [0, 0.1) is 0 Å². The second-order valence-corrected chi connectivity index (χ2v) is 6.43. The lowest BCUT2D eigenvalue weighted by Gasteiger charge is -2.35. The monoisotopic (exact) mass is 340 g/mol. The fraction of sp³-hybridized carbons (Fsp3) is 0.421. The maximum Gasteiger partial charge on any atom is 0.254 e. The van der Waals surface area contributed by atoms with Crippen molar-refractivity contribution in [3.05, 3.63) is 48.3 Å². The second-order valence-electron chi connectivity index (χ2n) is 6.43. The summed E-state index contributed by atoms with van der Waals surface area (Å²) in [5.74, 6) is 0.474. The van der Waals surface area contributed by atoms with Gasteiger partial charge in [-0.15, -0.1) is 0 Å². The average Bonchev–Trinajstić information content (AvgIpc) is 2.62. The Bertz CT molecular complexity index is 680. The van der Waals surface area contributed by atoms with E-state index < -0.39 is 0 Å². The molecule has 0 spiro atoms. The van der Waals surface area contributed by atoms with Crippen molar-refractivity contribution in [1.82, 2.24) is 20.2 Å². The van der Waals surface area contributed by atoms with E-state index >= 15 is 0 Å². The van der Waals surface area contributed by atoms with Crippen molar-refractivity contribution in [3.8, 4) is 11.4 Å². The molecule has 2 heterocycles. The minimum absolute atomic E-state index is 0.144. The standard InChI is InChI=1S/C19H24N4O2/c1-14-12-23(13-15(2)25-14)9-8-20-19(24)17-10-21-18(22-11-17)16-6-4-3-5-7-16/h3-7,10-11,14-15H,8-9,12-13H2,1-2H3,(H,20,24)/t14-,15-/m1/s1. The van der Waals surface area contributed by atoms with Gasteiger partial charge >= 0.3 is 0 Å². The first-order valence-electron chi connectivity index (χ1n) is 8.65. The van der Waals surface area contributed by atoms with Gasteiger partial charge in [-0.05, 0) is 13.8 Å². The van der Waals surface area contributed by atoms with Gasteiger partial charge < -0.3 is 10.1 Å². The van der Waals surface area contributed by atoms with Crippen LogP contribution in [0.4, 0.5) is 0 Å². The third-order valence-corrected chi connectivity index (χ3v) is 4.15. The van der Waals surface area contributed by atoms with Crippen LogP contribution in [0.2, 0.25) is 0 Å². The molecule has 1 fully saturated rings. The molecule has 1 aromatic carbocycles. The van der Waals surface area contributed by atoms with E-state index in [-0.39, 0.29) is 18.1 Å². The highest BCUT2D eigenvalue weighted by molar-refractivity contribution is 5.93. The summed E-state index contributed by atoms with van der Waals surface area (Å²) in [5.41, 5.74) is 1.41. The van der Waals surface area contributed by atoms with Crippen molar-refractivity contribution < 1.29 is 9.53 Å². The number of carbonyl (C=O) groups excluding carboxylic acids is 1. The summed E-state index contributed by atoms with van der Waals surface area (Å²) in [6, 6.07) is 9.71. The van der Waals surface area contributed by atoms with Crippen molar-refractivity contribution in [3.63, 3.8) is 0 Å². The lowest BCUT2D eigenvalue weighted by atomic mass is 10.2. The number of carbonyl (C=O) groups is 1. The van der Waals surface area contributed by atoms with Crippen molar-refractivity contribution in [2.24, 2.45) is 0 Å². The van der Waals surface area contributed by atoms with E-state index in [1.54, 1.807) is 12.4 Å². The minimum Gasteiger partial charge on any atom is -0.373 e. The van der Waals surface area contributed by atoms with E-state index in [2.05, 4.69) is 34.0 Å². The zero-order chi connectivity index (χ0) is 17.6. The summed E-state index contributed by atoms with van der Waals surface area (Å²) in [6.07, 6.45) is 3.62. The van der Waals surface area contributed by atoms with E-state index in [0.29, 0.717) is 17.9 Å². The van der Waals surface area contributed by atoms with Crippen LogP contribution in [0.5, 0.6) is 0 Å². The number of hydrogen-bond donors (Lipinski definition) is 1. The summed E-state index contributed by atoms with van der Waals surface area (Å²) in [6.45, 7) is 7.36. The maximum atomic E-state index is 12.2. The third-order valence-electron chi connectivity index (χ3n) is 4.15. The van der Waals surface area contributed by atoms with Crippen LogP contribution in [0.25, 0.3) is 11.4 Å². The highest BCUT2D eigenvalue weighted by Gasteiger charge is 2.21. The summed E-state index contributed by atoms with van der Waals surface area (Å²) >= 11 is 0. The van der Waals surface area contributed by atoms with Crippen LogP contribution < -0.4 is 5.32 Å². The van der Waals surface area contributed by atoms with E-state index in [1.165, 1.54) is 0 Å². The summed E-state index contributed by atoms with van der Waals surface area (Å²) in [4.78, 5) is 23.1. The number of rotatable bonds is 5. The second kappa shape index (κ2) is 8.18. The van der Waals surface area contributed by atoms with Gasteiger partial charge in [-0.2, -0.15) is 0 Å². The number of nitrogens with zero attached hydrogens (tertiary/aromatic N) is 3. The Balaban J connectivity index is 1.50. The topological polar surface area (TPSA) is 67.4 Å². The first-order valence-corrected chi connectivity index (χ1v) is 8.65. The molecule has 0 radical (unpaired) electrons. The Labute approximate surface area is 148 Å². The first kappa shape index (κ1) is 17.5. The number of benzene rings is 1. The zero-order valence-electron chi connectivity index (χ0n) is 14.7. The highest BCUT2D eigenvalue weighted by Crippen LogP contribution is 2.13. The van der Waals surface area contributed by atoms with Crippen LogP contribution >= 0.6 is 0 Å². The van der Waals surface area contributed by atoms with E-state index in [0.717, 1.165) is 25.2 Å². The summed E-state index contributed by atoms with van der Waals surface area (Å²) in [7, 11) is 0. The maximum absolute atomic E-state index is 12.2.